The molecule has 2 amide bonds. The lowest BCUT2D eigenvalue weighted by Crippen LogP contribution is -2.42. The minimum Gasteiger partial charge on any atom is -0.493 e. The number of sulfone groups is 1. The standard InChI is InChI=1S/C16H18ClN3O5S2/c1-24-13-4-3-9(5-14(13)25-2)11-6-26-16(19-11)20-15(21)18-12-8-27(22,23)7-10(12)17/h3-6,10,12H,7-8H2,1-2H3,(H2,18,19,20,21)/t10-,12+/m0/s1. The maximum Gasteiger partial charge on any atom is 0.321 e. The lowest BCUT2D eigenvalue weighted by Gasteiger charge is -2.14. The van der Waals surface area contributed by atoms with E-state index in [1.807, 2.05) is 6.07 Å². The second kappa shape index (κ2) is 7.91. The van der Waals surface area contributed by atoms with Crippen molar-refractivity contribution < 1.29 is 22.7 Å². The molecule has 2 N–H and O–H groups in total. The number of alkyl halides is 1. The molecular formula is C16H18ClN3O5S2. The summed E-state index contributed by atoms with van der Waals surface area (Å²) >= 11 is 7.24. The van der Waals surface area contributed by atoms with Crippen molar-refractivity contribution in [1.29, 1.82) is 0 Å². The summed E-state index contributed by atoms with van der Waals surface area (Å²) in [6.07, 6.45) is 0. The number of urea groups is 1. The normalized spacial score (nSPS) is 20.9. The molecular weight excluding hydrogens is 414 g/mol. The third kappa shape index (κ3) is 4.63. The van der Waals surface area contributed by atoms with Crippen LogP contribution in [-0.4, -0.2) is 56.6 Å². The van der Waals surface area contributed by atoms with Gasteiger partial charge in [0.25, 0.3) is 0 Å². The molecule has 0 bridgehead atoms. The van der Waals surface area contributed by atoms with E-state index in [9.17, 15) is 13.2 Å². The van der Waals surface area contributed by atoms with Crippen LogP contribution >= 0.6 is 22.9 Å². The molecule has 0 saturated carbocycles. The summed E-state index contributed by atoms with van der Waals surface area (Å²) in [5, 5.41) is 6.72. The van der Waals surface area contributed by atoms with Crippen molar-refractivity contribution in [3.63, 3.8) is 0 Å². The molecule has 2 aromatic rings. The zero-order valence-corrected chi connectivity index (χ0v) is 17.0. The Bertz CT molecular complexity index is 947. The predicted molar refractivity (Wildman–Crippen MR) is 105 cm³/mol. The van der Waals surface area contributed by atoms with Crippen LogP contribution in [0, 0.1) is 0 Å². The van der Waals surface area contributed by atoms with Gasteiger partial charge in [-0.05, 0) is 18.2 Å². The van der Waals surface area contributed by atoms with E-state index in [1.165, 1.54) is 11.3 Å². The average Bonchev–Trinajstić information content (AvgIpc) is 3.17. The molecule has 1 fully saturated rings. The second-order valence-electron chi connectivity index (χ2n) is 5.91. The number of anilines is 1. The van der Waals surface area contributed by atoms with Crippen LogP contribution in [0.5, 0.6) is 11.5 Å². The second-order valence-corrected chi connectivity index (χ2v) is 9.48. The van der Waals surface area contributed by atoms with E-state index < -0.39 is 27.3 Å². The Morgan fingerprint density at radius 3 is 2.63 bits per heavy atom. The highest BCUT2D eigenvalue weighted by Gasteiger charge is 2.37. The molecule has 0 spiro atoms. The van der Waals surface area contributed by atoms with E-state index in [0.29, 0.717) is 22.3 Å². The molecule has 0 aliphatic carbocycles. The molecule has 27 heavy (non-hydrogen) atoms. The summed E-state index contributed by atoms with van der Waals surface area (Å²) < 4.78 is 33.6. The van der Waals surface area contributed by atoms with Crippen molar-refractivity contribution in [3.8, 4) is 22.8 Å². The van der Waals surface area contributed by atoms with Gasteiger partial charge >= 0.3 is 6.03 Å². The molecule has 2 atom stereocenters. The van der Waals surface area contributed by atoms with Crippen molar-refractivity contribution >= 4 is 43.9 Å². The van der Waals surface area contributed by atoms with Crippen LogP contribution in [0.1, 0.15) is 0 Å². The fourth-order valence-electron chi connectivity index (χ4n) is 2.70. The van der Waals surface area contributed by atoms with Gasteiger partial charge in [-0.2, -0.15) is 0 Å². The first-order valence-electron chi connectivity index (χ1n) is 7.91. The Kier molecular flexibility index (Phi) is 5.78. The van der Waals surface area contributed by atoms with Gasteiger partial charge in [0.1, 0.15) is 0 Å². The van der Waals surface area contributed by atoms with Crippen LogP contribution in [0.2, 0.25) is 0 Å². The van der Waals surface area contributed by atoms with Gasteiger partial charge in [0.2, 0.25) is 0 Å². The predicted octanol–water partition coefficient (Wildman–Crippen LogP) is 2.35. The number of halogens is 1. The fourth-order valence-corrected chi connectivity index (χ4v) is 5.96. The Balaban J connectivity index is 1.67. The lowest BCUT2D eigenvalue weighted by atomic mass is 10.1. The minimum absolute atomic E-state index is 0.139. The van der Waals surface area contributed by atoms with Crippen LogP contribution in [0.4, 0.5) is 9.93 Å². The molecule has 8 nitrogen and oxygen atoms in total. The quantitative estimate of drug-likeness (QED) is 0.704. The summed E-state index contributed by atoms with van der Waals surface area (Å²) in [6.45, 7) is 0. The number of benzene rings is 1. The van der Waals surface area contributed by atoms with Crippen LogP contribution in [0.3, 0.4) is 0 Å². The number of amides is 2. The zero-order valence-electron chi connectivity index (χ0n) is 14.6. The van der Waals surface area contributed by atoms with Crippen molar-refractivity contribution in [3.05, 3.63) is 23.6 Å². The Morgan fingerprint density at radius 1 is 1.26 bits per heavy atom. The molecule has 0 unspecified atom stereocenters. The van der Waals surface area contributed by atoms with Gasteiger partial charge in [0.05, 0.1) is 42.8 Å². The van der Waals surface area contributed by atoms with Crippen molar-refractivity contribution in [2.45, 2.75) is 11.4 Å². The minimum atomic E-state index is -3.22. The fraction of sp³-hybridized carbons (Fsp3) is 0.375. The van der Waals surface area contributed by atoms with Crippen LogP contribution in [0.15, 0.2) is 23.6 Å². The third-order valence-corrected chi connectivity index (χ3v) is 7.14. The molecule has 1 aliphatic heterocycles. The maximum absolute atomic E-state index is 12.1. The van der Waals surface area contributed by atoms with Gasteiger partial charge < -0.3 is 14.8 Å². The summed E-state index contributed by atoms with van der Waals surface area (Å²) in [5.41, 5.74) is 1.47. The highest BCUT2D eigenvalue weighted by atomic mass is 35.5. The Labute approximate surface area is 165 Å². The number of hydrogen-bond acceptors (Lipinski definition) is 7. The van der Waals surface area contributed by atoms with Crippen LogP contribution < -0.4 is 20.1 Å². The van der Waals surface area contributed by atoms with Crippen LogP contribution in [0.25, 0.3) is 11.3 Å². The lowest BCUT2D eigenvalue weighted by molar-refractivity contribution is 0.249. The van der Waals surface area contributed by atoms with Crippen LogP contribution in [-0.2, 0) is 9.84 Å². The highest BCUT2D eigenvalue weighted by Crippen LogP contribution is 2.33. The molecule has 2 heterocycles. The van der Waals surface area contributed by atoms with Gasteiger partial charge in [-0.25, -0.2) is 18.2 Å². The first-order valence-corrected chi connectivity index (χ1v) is 11.0. The molecule has 1 aromatic carbocycles. The number of thiazole rings is 1. The smallest absolute Gasteiger partial charge is 0.321 e. The van der Waals surface area contributed by atoms with Crippen molar-refractivity contribution in [2.75, 3.05) is 31.0 Å². The number of methoxy groups -OCH3 is 2. The van der Waals surface area contributed by atoms with E-state index in [1.54, 1.807) is 31.7 Å². The molecule has 11 heteroatoms. The molecule has 146 valence electrons. The monoisotopic (exact) mass is 431 g/mol. The summed E-state index contributed by atoms with van der Waals surface area (Å²) in [7, 11) is -0.111. The largest absolute Gasteiger partial charge is 0.493 e. The number of carbonyl (C=O) groups is 1. The number of nitrogens with one attached hydrogen (secondary N) is 2. The van der Waals surface area contributed by atoms with Crippen molar-refractivity contribution in [1.82, 2.24) is 10.3 Å². The van der Waals surface area contributed by atoms with Gasteiger partial charge in [-0.3, -0.25) is 5.32 Å². The topological polar surface area (TPSA) is 107 Å². The first-order chi connectivity index (χ1) is 12.8. The molecule has 1 saturated heterocycles. The number of rotatable bonds is 5. The Hall–Kier alpha value is -2.04. The highest BCUT2D eigenvalue weighted by molar-refractivity contribution is 7.91. The number of ether oxygens (including phenoxy) is 2. The van der Waals surface area contributed by atoms with Gasteiger partial charge in [0, 0.05) is 10.9 Å². The van der Waals surface area contributed by atoms with E-state index in [2.05, 4.69) is 15.6 Å². The summed E-state index contributed by atoms with van der Waals surface area (Å²) in [4.78, 5) is 16.5. The van der Waals surface area contributed by atoms with Gasteiger partial charge in [-0.15, -0.1) is 22.9 Å². The molecule has 0 radical (unpaired) electrons. The third-order valence-electron chi connectivity index (χ3n) is 4.00. The molecule has 3 rings (SSSR count). The maximum atomic E-state index is 12.1. The zero-order chi connectivity index (χ0) is 19.6. The van der Waals surface area contributed by atoms with Gasteiger partial charge in [0.15, 0.2) is 26.5 Å². The van der Waals surface area contributed by atoms with Crippen molar-refractivity contribution in [2.24, 2.45) is 0 Å². The van der Waals surface area contributed by atoms with Gasteiger partial charge in [-0.1, -0.05) is 0 Å². The average molecular weight is 432 g/mol. The SMILES string of the molecule is COc1ccc(-c2csc(NC(=O)N[C@@H]3CS(=O)(=O)C[C@@H]3Cl)n2)cc1OC. The van der Waals surface area contributed by atoms with E-state index in [4.69, 9.17) is 21.1 Å². The Morgan fingerprint density at radius 2 is 2.00 bits per heavy atom. The number of aromatic nitrogens is 1. The van der Waals surface area contributed by atoms with E-state index >= 15 is 0 Å². The number of nitrogens with zero attached hydrogens (tertiary/aromatic N) is 1. The first kappa shape index (κ1) is 19.7. The summed E-state index contributed by atoms with van der Waals surface area (Å²) in [6, 6.07) is 4.23. The van der Waals surface area contributed by atoms with E-state index in [-0.39, 0.29) is 11.5 Å². The molecule has 1 aromatic heterocycles. The molecule has 1 aliphatic rings. The summed E-state index contributed by atoms with van der Waals surface area (Å²) in [5.74, 6) is 0.881. The number of carbonyl (C=O) groups excluding carboxylic acids is 1. The number of hydrogen-bond donors (Lipinski definition) is 2. The van der Waals surface area contributed by atoms with E-state index in [0.717, 1.165) is 5.56 Å².